The van der Waals surface area contributed by atoms with E-state index in [1.54, 1.807) is 4.90 Å². The minimum absolute atomic E-state index is 0.0508. The van der Waals surface area contributed by atoms with E-state index in [9.17, 15) is 14.4 Å². The van der Waals surface area contributed by atoms with Gasteiger partial charge in [-0.1, -0.05) is 0 Å². The highest BCUT2D eigenvalue weighted by Gasteiger charge is 2.27. The standard InChI is InChI=1S/C14H24N2O5/c1-3-21-10-13(18)15-7-4-5-12(6-8-15)16(11(2)17)9-14(19)20/h12H,3-10H2,1-2H3,(H,19,20)/t12-/m0/s1. The normalized spacial score (nSPS) is 19.0. The Balaban J connectivity index is 2.59. The number of aliphatic carboxylic acids is 1. The first kappa shape index (κ1) is 17.4. The van der Waals surface area contributed by atoms with Crippen LogP contribution in [0.5, 0.6) is 0 Å². The van der Waals surface area contributed by atoms with Crippen molar-refractivity contribution in [3.05, 3.63) is 0 Å². The molecule has 21 heavy (non-hydrogen) atoms. The number of amides is 2. The van der Waals surface area contributed by atoms with E-state index in [-0.39, 0.29) is 31.0 Å². The molecular formula is C14H24N2O5. The maximum Gasteiger partial charge on any atom is 0.323 e. The fourth-order valence-electron chi connectivity index (χ4n) is 2.56. The number of rotatable bonds is 6. The van der Waals surface area contributed by atoms with Crippen molar-refractivity contribution in [3.63, 3.8) is 0 Å². The summed E-state index contributed by atoms with van der Waals surface area (Å²) >= 11 is 0. The first-order valence-electron chi connectivity index (χ1n) is 7.30. The van der Waals surface area contributed by atoms with Crippen molar-refractivity contribution >= 4 is 17.8 Å². The van der Waals surface area contributed by atoms with Crippen LogP contribution < -0.4 is 0 Å². The second kappa shape index (κ2) is 8.61. The van der Waals surface area contributed by atoms with E-state index in [1.165, 1.54) is 11.8 Å². The highest BCUT2D eigenvalue weighted by molar-refractivity contribution is 5.80. The van der Waals surface area contributed by atoms with Gasteiger partial charge in [0.1, 0.15) is 13.2 Å². The summed E-state index contributed by atoms with van der Waals surface area (Å²) in [7, 11) is 0. The molecule has 1 saturated heterocycles. The number of ether oxygens (including phenoxy) is 1. The van der Waals surface area contributed by atoms with Gasteiger partial charge in [0.2, 0.25) is 11.8 Å². The van der Waals surface area contributed by atoms with Gasteiger partial charge in [0, 0.05) is 32.7 Å². The third kappa shape index (κ3) is 5.71. The van der Waals surface area contributed by atoms with Gasteiger partial charge in [-0.15, -0.1) is 0 Å². The molecule has 1 heterocycles. The zero-order valence-corrected chi connectivity index (χ0v) is 12.7. The number of likely N-dealkylation sites (tertiary alicyclic amines) is 1. The van der Waals surface area contributed by atoms with Gasteiger partial charge < -0.3 is 19.6 Å². The van der Waals surface area contributed by atoms with Crippen LogP contribution in [0.15, 0.2) is 0 Å². The maximum absolute atomic E-state index is 11.9. The lowest BCUT2D eigenvalue weighted by molar-refractivity contribution is -0.145. The minimum Gasteiger partial charge on any atom is -0.480 e. The maximum atomic E-state index is 11.9. The Morgan fingerprint density at radius 3 is 2.57 bits per heavy atom. The molecule has 1 atom stereocenters. The van der Waals surface area contributed by atoms with Gasteiger partial charge in [0.15, 0.2) is 0 Å². The van der Waals surface area contributed by atoms with Crippen molar-refractivity contribution in [3.8, 4) is 0 Å². The van der Waals surface area contributed by atoms with E-state index in [4.69, 9.17) is 9.84 Å². The highest BCUT2D eigenvalue weighted by Crippen LogP contribution is 2.17. The molecule has 0 spiro atoms. The molecule has 1 rings (SSSR count). The molecule has 7 heteroatoms. The topological polar surface area (TPSA) is 87.2 Å². The number of carboxylic acids is 1. The molecule has 7 nitrogen and oxygen atoms in total. The van der Waals surface area contributed by atoms with Gasteiger partial charge in [-0.2, -0.15) is 0 Å². The minimum atomic E-state index is -1.02. The summed E-state index contributed by atoms with van der Waals surface area (Å²) in [6, 6.07) is -0.122. The van der Waals surface area contributed by atoms with Crippen molar-refractivity contribution in [2.24, 2.45) is 0 Å². The Labute approximate surface area is 124 Å². The fourth-order valence-corrected chi connectivity index (χ4v) is 2.56. The van der Waals surface area contributed by atoms with Crippen LogP contribution in [0.1, 0.15) is 33.1 Å². The zero-order chi connectivity index (χ0) is 15.8. The van der Waals surface area contributed by atoms with Crippen LogP contribution in [0.25, 0.3) is 0 Å². The van der Waals surface area contributed by atoms with Crippen LogP contribution in [0.4, 0.5) is 0 Å². The van der Waals surface area contributed by atoms with Gasteiger partial charge in [0.25, 0.3) is 0 Å². The van der Waals surface area contributed by atoms with E-state index < -0.39 is 5.97 Å². The number of carbonyl (C=O) groups is 3. The SMILES string of the molecule is CCOCC(=O)N1CCC[C@H](N(CC(=O)O)C(C)=O)CC1. The summed E-state index contributed by atoms with van der Waals surface area (Å²) in [4.78, 5) is 37.5. The smallest absolute Gasteiger partial charge is 0.323 e. The summed E-state index contributed by atoms with van der Waals surface area (Å²) in [5.74, 6) is -1.31. The van der Waals surface area contributed by atoms with Crippen LogP contribution in [0, 0.1) is 0 Å². The molecule has 0 aromatic heterocycles. The van der Waals surface area contributed by atoms with E-state index in [0.717, 1.165) is 6.42 Å². The largest absolute Gasteiger partial charge is 0.480 e. The fraction of sp³-hybridized carbons (Fsp3) is 0.786. The summed E-state index contributed by atoms with van der Waals surface area (Å²) < 4.78 is 5.12. The van der Waals surface area contributed by atoms with Crippen molar-refractivity contribution in [1.29, 1.82) is 0 Å². The molecule has 0 aromatic rings. The summed E-state index contributed by atoms with van der Waals surface area (Å²) in [5, 5.41) is 8.90. The van der Waals surface area contributed by atoms with Crippen LogP contribution in [0.3, 0.4) is 0 Å². The summed E-state index contributed by atoms with van der Waals surface area (Å²) in [6.07, 6.45) is 2.07. The lowest BCUT2D eigenvalue weighted by atomic mass is 10.1. The zero-order valence-electron chi connectivity index (χ0n) is 12.7. The molecule has 0 saturated carbocycles. The second-order valence-corrected chi connectivity index (χ2v) is 5.14. The van der Waals surface area contributed by atoms with Crippen molar-refractivity contribution in [2.45, 2.75) is 39.2 Å². The van der Waals surface area contributed by atoms with Crippen molar-refractivity contribution in [2.75, 3.05) is 32.8 Å². The van der Waals surface area contributed by atoms with E-state index in [1.807, 2.05) is 6.92 Å². The molecule has 0 radical (unpaired) electrons. The lowest BCUT2D eigenvalue weighted by Crippen LogP contribution is -2.43. The molecule has 120 valence electrons. The average molecular weight is 300 g/mol. The number of hydrogen-bond acceptors (Lipinski definition) is 4. The number of carboxylic acid groups (broad SMARTS) is 1. The molecule has 1 N–H and O–H groups in total. The molecule has 1 aliphatic rings. The quantitative estimate of drug-likeness (QED) is 0.764. The number of hydrogen-bond donors (Lipinski definition) is 1. The van der Waals surface area contributed by atoms with Gasteiger partial charge >= 0.3 is 5.97 Å². The van der Waals surface area contributed by atoms with Gasteiger partial charge in [-0.25, -0.2) is 0 Å². The predicted molar refractivity (Wildman–Crippen MR) is 75.7 cm³/mol. The molecule has 0 aromatic carbocycles. The Hall–Kier alpha value is -1.63. The highest BCUT2D eigenvalue weighted by atomic mass is 16.5. The van der Waals surface area contributed by atoms with Gasteiger partial charge in [-0.3, -0.25) is 14.4 Å². The predicted octanol–water partition coefficient (Wildman–Crippen LogP) is 0.337. The van der Waals surface area contributed by atoms with Crippen LogP contribution in [-0.4, -0.2) is 71.6 Å². The number of carbonyl (C=O) groups excluding carboxylic acids is 2. The monoisotopic (exact) mass is 300 g/mol. The van der Waals surface area contributed by atoms with Crippen molar-refractivity contribution in [1.82, 2.24) is 9.80 Å². The Morgan fingerprint density at radius 1 is 1.29 bits per heavy atom. The van der Waals surface area contributed by atoms with Gasteiger partial charge in [0.05, 0.1) is 0 Å². The van der Waals surface area contributed by atoms with Crippen molar-refractivity contribution < 1.29 is 24.2 Å². The molecule has 0 bridgehead atoms. The van der Waals surface area contributed by atoms with Gasteiger partial charge in [-0.05, 0) is 26.2 Å². The van der Waals surface area contributed by atoms with Crippen LogP contribution in [0.2, 0.25) is 0 Å². The van der Waals surface area contributed by atoms with Crippen LogP contribution in [-0.2, 0) is 19.1 Å². The first-order valence-corrected chi connectivity index (χ1v) is 7.30. The Morgan fingerprint density at radius 2 is 2.00 bits per heavy atom. The second-order valence-electron chi connectivity index (χ2n) is 5.14. The third-order valence-electron chi connectivity index (χ3n) is 3.63. The van der Waals surface area contributed by atoms with Crippen LogP contribution >= 0.6 is 0 Å². The third-order valence-corrected chi connectivity index (χ3v) is 3.63. The Kier molecular flexibility index (Phi) is 7.14. The molecule has 1 aliphatic heterocycles. The summed E-state index contributed by atoms with van der Waals surface area (Å²) in [5.41, 5.74) is 0. The molecular weight excluding hydrogens is 276 g/mol. The molecule has 0 aliphatic carbocycles. The molecule has 2 amide bonds. The number of nitrogens with zero attached hydrogens (tertiary/aromatic N) is 2. The van der Waals surface area contributed by atoms with E-state index in [2.05, 4.69) is 0 Å². The first-order chi connectivity index (χ1) is 9.95. The molecule has 1 fully saturated rings. The molecule has 0 unspecified atom stereocenters. The van der Waals surface area contributed by atoms with E-state index >= 15 is 0 Å². The Bertz CT molecular complexity index is 386. The summed E-state index contributed by atoms with van der Waals surface area (Å²) in [6.45, 7) is 4.66. The average Bonchev–Trinajstić information content (AvgIpc) is 2.67. The van der Waals surface area contributed by atoms with E-state index in [0.29, 0.717) is 32.5 Å². The lowest BCUT2D eigenvalue weighted by Gasteiger charge is -2.28.